The second-order valence-corrected chi connectivity index (χ2v) is 9.78. The SMILES string of the molecule is C[C@@H]1C[C@H]2[C@@H]3CCC4=CC(=O)C=C[C@]4(C)[C@@]34O[C@H]4C[C@]2(C)[C@H]1C(=O)CO. The van der Waals surface area contributed by atoms with Crippen LogP contribution >= 0.6 is 0 Å². The number of carbonyl (C=O) groups is 2. The summed E-state index contributed by atoms with van der Waals surface area (Å²) in [5, 5.41) is 9.52. The van der Waals surface area contributed by atoms with E-state index in [0.717, 1.165) is 25.7 Å². The van der Waals surface area contributed by atoms with Gasteiger partial charge in [0.05, 0.1) is 6.10 Å². The second-order valence-electron chi connectivity index (χ2n) is 9.78. The first-order valence-corrected chi connectivity index (χ1v) is 10.0. The van der Waals surface area contributed by atoms with Crippen LogP contribution in [0.5, 0.6) is 0 Å². The summed E-state index contributed by atoms with van der Waals surface area (Å²) in [6.45, 7) is 6.33. The molecule has 0 aromatic heterocycles. The van der Waals surface area contributed by atoms with Crippen molar-refractivity contribution < 1.29 is 19.4 Å². The van der Waals surface area contributed by atoms with Gasteiger partial charge in [-0.15, -0.1) is 0 Å². The first kappa shape index (κ1) is 16.9. The molecule has 0 radical (unpaired) electrons. The van der Waals surface area contributed by atoms with Crippen molar-refractivity contribution in [1.29, 1.82) is 0 Å². The zero-order valence-electron chi connectivity index (χ0n) is 15.8. The summed E-state index contributed by atoms with van der Waals surface area (Å²) in [4.78, 5) is 24.4. The highest BCUT2D eigenvalue weighted by atomic mass is 16.6. The fraction of sp³-hybridized carbons (Fsp3) is 0.727. The third kappa shape index (κ3) is 1.73. The van der Waals surface area contributed by atoms with Crippen LogP contribution in [0.3, 0.4) is 0 Å². The molecule has 3 saturated carbocycles. The summed E-state index contributed by atoms with van der Waals surface area (Å²) in [5.74, 6) is 1.21. The largest absolute Gasteiger partial charge is 0.389 e. The number of hydrogen-bond acceptors (Lipinski definition) is 4. The van der Waals surface area contributed by atoms with E-state index in [4.69, 9.17) is 4.74 Å². The zero-order chi connectivity index (χ0) is 18.5. The molecule has 140 valence electrons. The summed E-state index contributed by atoms with van der Waals surface area (Å²) in [6.07, 6.45) is 9.68. The van der Waals surface area contributed by atoms with Gasteiger partial charge in [-0.25, -0.2) is 0 Å². The topological polar surface area (TPSA) is 66.9 Å². The number of allylic oxidation sites excluding steroid dienone is 2. The lowest BCUT2D eigenvalue weighted by atomic mass is 9.47. The van der Waals surface area contributed by atoms with Crippen LogP contribution in [0, 0.1) is 34.5 Å². The molecule has 4 fully saturated rings. The Labute approximate surface area is 154 Å². The lowest BCUT2D eigenvalue weighted by molar-refractivity contribution is -0.132. The van der Waals surface area contributed by atoms with Crippen LogP contribution in [-0.2, 0) is 14.3 Å². The fourth-order valence-electron chi connectivity index (χ4n) is 7.80. The number of aliphatic hydroxyl groups excluding tert-OH is 1. The number of rotatable bonds is 2. The minimum Gasteiger partial charge on any atom is -0.389 e. The van der Waals surface area contributed by atoms with Crippen molar-refractivity contribution in [1.82, 2.24) is 0 Å². The van der Waals surface area contributed by atoms with E-state index in [0.29, 0.717) is 17.8 Å². The molecular weight excluding hydrogens is 328 g/mol. The number of carbonyl (C=O) groups excluding carboxylic acids is 2. The van der Waals surface area contributed by atoms with E-state index < -0.39 is 0 Å². The van der Waals surface area contributed by atoms with Crippen molar-refractivity contribution in [2.24, 2.45) is 34.5 Å². The normalized spacial score (nSPS) is 53.9. The molecule has 26 heavy (non-hydrogen) atoms. The number of ketones is 2. The maximum absolute atomic E-state index is 12.5. The molecule has 4 heteroatoms. The summed E-state index contributed by atoms with van der Waals surface area (Å²) in [5.41, 5.74) is 0.745. The molecular formula is C22H28O4. The fourth-order valence-corrected chi connectivity index (χ4v) is 7.80. The number of ether oxygens (including phenoxy) is 1. The molecule has 8 atom stereocenters. The van der Waals surface area contributed by atoms with E-state index in [-0.39, 0.29) is 46.6 Å². The van der Waals surface area contributed by atoms with Gasteiger partial charge in [0.15, 0.2) is 11.6 Å². The maximum Gasteiger partial charge on any atom is 0.178 e. The van der Waals surface area contributed by atoms with Gasteiger partial charge in [0.25, 0.3) is 0 Å². The monoisotopic (exact) mass is 356 g/mol. The van der Waals surface area contributed by atoms with E-state index in [9.17, 15) is 14.7 Å². The third-order valence-corrected chi connectivity index (χ3v) is 8.78. The molecule has 1 N–H and O–H groups in total. The van der Waals surface area contributed by atoms with Crippen LogP contribution in [0.4, 0.5) is 0 Å². The second kappa shape index (κ2) is 4.96. The average Bonchev–Trinajstić information content (AvgIpc) is 3.24. The lowest BCUT2D eigenvalue weighted by Gasteiger charge is -2.54. The van der Waals surface area contributed by atoms with Crippen LogP contribution in [0.15, 0.2) is 23.8 Å². The Bertz CT molecular complexity index is 766. The summed E-state index contributed by atoms with van der Waals surface area (Å²) >= 11 is 0. The highest BCUT2D eigenvalue weighted by Crippen LogP contribution is 2.75. The Morgan fingerprint density at radius 3 is 2.85 bits per heavy atom. The average molecular weight is 356 g/mol. The first-order chi connectivity index (χ1) is 12.3. The van der Waals surface area contributed by atoms with Gasteiger partial charge in [-0.05, 0) is 67.9 Å². The quantitative estimate of drug-likeness (QED) is 0.773. The summed E-state index contributed by atoms with van der Waals surface area (Å²) < 4.78 is 6.50. The zero-order valence-corrected chi connectivity index (χ0v) is 15.8. The van der Waals surface area contributed by atoms with Gasteiger partial charge in [-0.1, -0.05) is 25.5 Å². The molecule has 0 aromatic rings. The van der Waals surface area contributed by atoms with Crippen molar-refractivity contribution in [3.63, 3.8) is 0 Å². The van der Waals surface area contributed by atoms with E-state index in [2.05, 4.69) is 26.8 Å². The first-order valence-electron chi connectivity index (χ1n) is 10.0. The van der Waals surface area contributed by atoms with Crippen molar-refractivity contribution in [2.75, 3.05) is 6.61 Å². The van der Waals surface area contributed by atoms with Crippen molar-refractivity contribution >= 4 is 11.6 Å². The van der Waals surface area contributed by atoms with Crippen LogP contribution in [0.2, 0.25) is 0 Å². The van der Waals surface area contributed by atoms with E-state index in [1.54, 1.807) is 6.08 Å². The van der Waals surface area contributed by atoms with E-state index >= 15 is 0 Å². The molecule has 0 bridgehead atoms. The molecule has 0 unspecified atom stereocenters. The Morgan fingerprint density at radius 2 is 2.12 bits per heavy atom. The Balaban J connectivity index is 1.57. The predicted molar refractivity (Wildman–Crippen MR) is 96.2 cm³/mol. The number of hydrogen-bond donors (Lipinski definition) is 1. The third-order valence-electron chi connectivity index (χ3n) is 8.78. The number of Topliss-reactive ketones (excluding diaryl/α,β-unsaturated/α-hetero) is 1. The Kier molecular flexibility index (Phi) is 3.22. The minimum atomic E-state index is -0.353. The molecule has 0 amide bonds. The van der Waals surface area contributed by atoms with Gasteiger partial charge in [0.2, 0.25) is 0 Å². The van der Waals surface area contributed by atoms with Gasteiger partial charge in [-0.3, -0.25) is 9.59 Å². The lowest BCUT2D eigenvalue weighted by Crippen LogP contribution is -2.57. The van der Waals surface area contributed by atoms with Crippen LogP contribution in [-0.4, -0.2) is 35.0 Å². The number of fused-ring (bicyclic) bond motifs is 3. The molecule has 0 aromatic carbocycles. The van der Waals surface area contributed by atoms with Crippen molar-refractivity contribution in [3.8, 4) is 0 Å². The summed E-state index contributed by atoms with van der Waals surface area (Å²) in [7, 11) is 0. The Morgan fingerprint density at radius 1 is 1.35 bits per heavy atom. The van der Waals surface area contributed by atoms with E-state index in [1.165, 1.54) is 5.57 Å². The highest BCUT2D eigenvalue weighted by molar-refractivity contribution is 6.01. The summed E-state index contributed by atoms with van der Waals surface area (Å²) in [6, 6.07) is 0. The van der Waals surface area contributed by atoms with Gasteiger partial charge in [0, 0.05) is 11.3 Å². The molecule has 5 rings (SSSR count). The van der Waals surface area contributed by atoms with Gasteiger partial charge < -0.3 is 9.84 Å². The van der Waals surface area contributed by atoms with Crippen LogP contribution in [0.25, 0.3) is 0 Å². The number of epoxide rings is 1. The predicted octanol–water partition coefficient (Wildman–Crippen LogP) is 2.85. The molecule has 1 heterocycles. The molecule has 5 aliphatic rings. The Hall–Kier alpha value is -1.26. The molecule has 4 aliphatic carbocycles. The number of aliphatic hydroxyl groups is 1. The van der Waals surface area contributed by atoms with Crippen molar-refractivity contribution in [2.45, 2.75) is 58.2 Å². The molecule has 1 aliphatic heterocycles. The molecule has 4 nitrogen and oxygen atoms in total. The molecule has 1 spiro atoms. The smallest absolute Gasteiger partial charge is 0.178 e. The highest BCUT2D eigenvalue weighted by Gasteiger charge is 2.79. The van der Waals surface area contributed by atoms with Gasteiger partial charge >= 0.3 is 0 Å². The van der Waals surface area contributed by atoms with Gasteiger partial charge in [-0.2, -0.15) is 0 Å². The maximum atomic E-state index is 12.5. The van der Waals surface area contributed by atoms with Crippen molar-refractivity contribution in [3.05, 3.63) is 23.8 Å². The van der Waals surface area contributed by atoms with Crippen LogP contribution in [0.1, 0.15) is 46.5 Å². The van der Waals surface area contributed by atoms with Crippen LogP contribution < -0.4 is 0 Å². The minimum absolute atomic E-state index is 0.00131. The molecule has 1 saturated heterocycles. The van der Waals surface area contributed by atoms with Gasteiger partial charge in [0.1, 0.15) is 12.2 Å². The van der Waals surface area contributed by atoms with E-state index in [1.807, 2.05) is 6.08 Å². The standard InChI is InChI=1S/C22H28O4/c1-12-8-16-15-5-4-13-9-14(24)6-7-21(13,3)22(15)18(26-22)10-20(16,2)19(12)17(25)11-23/h6-7,9,12,15-16,18-19,23H,4-5,8,10-11H2,1-3H3/t12-,15+,16+,18+,19-,20+,21+,22-/m1/s1.